The van der Waals surface area contributed by atoms with E-state index in [1.807, 2.05) is 13.8 Å². The Morgan fingerprint density at radius 2 is 1.48 bits per heavy atom. The van der Waals surface area contributed by atoms with Gasteiger partial charge in [0, 0.05) is 38.3 Å². The van der Waals surface area contributed by atoms with Gasteiger partial charge in [0.05, 0.1) is 0 Å². The second-order valence-electron chi connectivity index (χ2n) is 6.66. The summed E-state index contributed by atoms with van der Waals surface area (Å²) in [6, 6.07) is 5.71. The molecule has 1 aromatic rings. The summed E-state index contributed by atoms with van der Waals surface area (Å²) in [7, 11) is -7.71. The molecule has 9 heteroatoms. The van der Waals surface area contributed by atoms with Gasteiger partial charge in [-0.25, -0.2) is 16.8 Å². The van der Waals surface area contributed by atoms with Crippen molar-refractivity contribution in [2.45, 2.75) is 48.6 Å². The molecule has 0 bridgehead atoms. The summed E-state index contributed by atoms with van der Waals surface area (Å²) in [6.07, 6.45) is 1.61. The molecule has 2 aliphatic rings. The number of piperazine rings is 1. The Hall–Kier alpha value is -1.00. The second kappa shape index (κ2) is 6.96. The van der Waals surface area contributed by atoms with Gasteiger partial charge in [-0.05, 0) is 38.8 Å². The predicted molar refractivity (Wildman–Crippen MR) is 95.3 cm³/mol. The minimum absolute atomic E-state index is 0.00544. The van der Waals surface area contributed by atoms with Crippen LogP contribution in [0.3, 0.4) is 0 Å². The fourth-order valence-corrected chi connectivity index (χ4v) is 7.43. The van der Waals surface area contributed by atoms with Crippen molar-refractivity contribution >= 4 is 20.0 Å². The van der Waals surface area contributed by atoms with Gasteiger partial charge in [0.2, 0.25) is 20.0 Å². The van der Waals surface area contributed by atoms with E-state index in [1.54, 1.807) is 12.1 Å². The maximum atomic E-state index is 13.2. The van der Waals surface area contributed by atoms with Crippen LogP contribution in [0.1, 0.15) is 26.7 Å². The van der Waals surface area contributed by atoms with Crippen LogP contribution in [-0.4, -0.2) is 63.7 Å². The number of sulfonamides is 2. The maximum Gasteiger partial charge on any atom is 0.244 e. The van der Waals surface area contributed by atoms with Gasteiger partial charge >= 0.3 is 0 Å². The topological polar surface area (TPSA) is 86.8 Å². The lowest BCUT2D eigenvalue weighted by Gasteiger charge is -2.37. The summed E-state index contributed by atoms with van der Waals surface area (Å²) in [5, 5.41) is 3.24. The highest BCUT2D eigenvalue weighted by Crippen LogP contribution is 2.30. The van der Waals surface area contributed by atoms with Gasteiger partial charge in [-0.15, -0.1) is 0 Å². The molecule has 0 radical (unpaired) electrons. The monoisotopic (exact) mass is 387 g/mol. The van der Waals surface area contributed by atoms with Crippen LogP contribution in [0.25, 0.3) is 0 Å². The Morgan fingerprint density at radius 1 is 0.920 bits per heavy atom. The Kier molecular flexibility index (Phi) is 5.23. The van der Waals surface area contributed by atoms with E-state index in [9.17, 15) is 16.8 Å². The third-order valence-corrected chi connectivity index (χ3v) is 9.23. The first-order valence-corrected chi connectivity index (χ1v) is 11.5. The van der Waals surface area contributed by atoms with Gasteiger partial charge in [-0.1, -0.05) is 12.1 Å². The largest absolute Gasteiger partial charge is 0.311 e. The van der Waals surface area contributed by atoms with E-state index in [-0.39, 0.29) is 21.9 Å². The summed E-state index contributed by atoms with van der Waals surface area (Å²) in [6.45, 7) is 5.53. The fourth-order valence-electron chi connectivity index (χ4n) is 3.44. The number of rotatable bonds is 4. The molecule has 2 saturated heterocycles. The zero-order valence-electron chi connectivity index (χ0n) is 14.6. The van der Waals surface area contributed by atoms with Crippen molar-refractivity contribution in [2.75, 3.05) is 26.2 Å². The number of hydrogen-bond acceptors (Lipinski definition) is 5. The second-order valence-corrected chi connectivity index (χ2v) is 10.4. The smallest absolute Gasteiger partial charge is 0.244 e. The van der Waals surface area contributed by atoms with Crippen LogP contribution in [-0.2, 0) is 20.0 Å². The third-order valence-electron chi connectivity index (χ3n) is 5.10. The molecule has 1 N–H and O–H groups in total. The lowest BCUT2D eigenvalue weighted by atomic mass is 10.1. The van der Waals surface area contributed by atoms with Crippen molar-refractivity contribution in [2.24, 2.45) is 0 Å². The molecule has 0 spiro atoms. The van der Waals surface area contributed by atoms with Gasteiger partial charge in [0.25, 0.3) is 0 Å². The van der Waals surface area contributed by atoms with Crippen LogP contribution >= 0.6 is 0 Å². The molecule has 2 aliphatic heterocycles. The number of nitrogens with one attached hydrogen (secondary N) is 1. The van der Waals surface area contributed by atoms with Crippen molar-refractivity contribution in [3.63, 3.8) is 0 Å². The Bertz CT molecular complexity index is 833. The van der Waals surface area contributed by atoms with E-state index in [4.69, 9.17) is 0 Å². The van der Waals surface area contributed by atoms with Crippen LogP contribution in [0.4, 0.5) is 0 Å². The van der Waals surface area contributed by atoms with E-state index in [0.717, 1.165) is 12.8 Å². The van der Waals surface area contributed by atoms with E-state index >= 15 is 0 Å². The predicted octanol–water partition coefficient (Wildman–Crippen LogP) is 0.842. The molecule has 3 rings (SSSR count). The summed E-state index contributed by atoms with van der Waals surface area (Å²) in [4.78, 5) is -0.238. The van der Waals surface area contributed by atoms with Crippen molar-refractivity contribution in [3.8, 4) is 0 Å². The minimum Gasteiger partial charge on any atom is -0.311 e. The molecule has 25 heavy (non-hydrogen) atoms. The van der Waals surface area contributed by atoms with Crippen LogP contribution in [0.15, 0.2) is 34.1 Å². The molecule has 7 nitrogen and oxygen atoms in total. The first-order valence-electron chi connectivity index (χ1n) is 8.60. The lowest BCUT2D eigenvalue weighted by Crippen LogP contribution is -2.57. The van der Waals surface area contributed by atoms with Crippen LogP contribution in [0, 0.1) is 0 Å². The average molecular weight is 388 g/mol. The molecule has 2 unspecified atom stereocenters. The third kappa shape index (κ3) is 3.35. The van der Waals surface area contributed by atoms with E-state index < -0.39 is 20.0 Å². The van der Waals surface area contributed by atoms with E-state index in [2.05, 4.69) is 5.32 Å². The van der Waals surface area contributed by atoms with Crippen molar-refractivity contribution in [3.05, 3.63) is 24.3 Å². The SMILES string of the molecule is CC1NCCN(S(=O)(=O)c2ccccc2S(=O)(=O)N2CCCC2)C1C. The summed E-state index contributed by atoms with van der Waals surface area (Å²) >= 11 is 0. The highest BCUT2D eigenvalue weighted by molar-refractivity contribution is 7.92. The van der Waals surface area contributed by atoms with Gasteiger partial charge in [0.15, 0.2) is 0 Å². The summed E-state index contributed by atoms with van der Waals surface area (Å²) < 4.78 is 55.2. The van der Waals surface area contributed by atoms with Crippen molar-refractivity contribution in [1.29, 1.82) is 0 Å². The number of nitrogens with zero attached hydrogens (tertiary/aromatic N) is 2. The fraction of sp³-hybridized carbons (Fsp3) is 0.625. The molecule has 0 saturated carbocycles. The average Bonchev–Trinajstić information content (AvgIpc) is 3.12. The molecule has 1 aromatic carbocycles. The Morgan fingerprint density at radius 3 is 2.08 bits per heavy atom. The molecule has 140 valence electrons. The van der Waals surface area contributed by atoms with Crippen molar-refractivity contribution in [1.82, 2.24) is 13.9 Å². The van der Waals surface area contributed by atoms with Crippen LogP contribution in [0.2, 0.25) is 0 Å². The summed E-state index contributed by atoms with van der Waals surface area (Å²) in [5.41, 5.74) is 0. The minimum atomic E-state index is -3.90. The van der Waals surface area contributed by atoms with Crippen molar-refractivity contribution < 1.29 is 16.8 Å². The normalized spacial score (nSPS) is 26.8. The van der Waals surface area contributed by atoms with Gasteiger partial charge in [0.1, 0.15) is 9.79 Å². The Labute approximate surface area is 150 Å². The maximum absolute atomic E-state index is 13.2. The molecular formula is C16H25N3O4S2. The Balaban J connectivity index is 2.06. The van der Waals surface area contributed by atoms with Gasteiger partial charge < -0.3 is 5.32 Å². The molecule has 0 aliphatic carbocycles. The van der Waals surface area contributed by atoms with Gasteiger partial charge in [-0.3, -0.25) is 0 Å². The number of benzene rings is 1. The lowest BCUT2D eigenvalue weighted by molar-refractivity contribution is 0.232. The molecule has 2 heterocycles. The quantitative estimate of drug-likeness (QED) is 0.827. The molecule has 0 amide bonds. The zero-order chi connectivity index (χ0) is 18.2. The highest BCUT2D eigenvalue weighted by Gasteiger charge is 2.39. The molecule has 0 aromatic heterocycles. The number of hydrogen-bond donors (Lipinski definition) is 1. The van der Waals surface area contributed by atoms with Gasteiger partial charge in [-0.2, -0.15) is 8.61 Å². The molecule has 2 fully saturated rings. The molecular weight excluding hydrogens is 362 g/mol. The first kappa shape index (κ1) is 18.8. The van der Waals surface area contributed by atoms with Crippen LogP contribution < -0.4 is 5.32 Å². The molecule has 2 atom stereocenters. The zero-order valence-corrected chi connectivity index (χ0v) is 16.2. The van der Waals surface area contributed by atoms with Crippen LogP contribution in [0.5, 0.6) is 0 Å². The standard InChI is InChI=1S/C16H25N3O4S2/c1-13-14(2)19(12-9-17-13)25(22,23)16-8-4-3-7-15(16)24(20,21)18-10-5-6-11-18/h3-4,7-8,13-14,17H,5-6,9-12H2,1-2H3. The first-order chi connectivity index (χ1) is 11.8. The summed E-state index contributed by atoms with van der Waals surface area (Å²) in [5.74, 6) is 0. The highest BCUT2D eigenvalue weighted by atomic mass is 32.2. The van der Waals surface area contributed by atoms with E-state index in [1.165, 1.54) is 20.7 Å². The van der Waals surface area contributed by atoms with E-state index in [0.29, 0.717) is 26.2 Å².